The van der Waals surface area contributed by atoms with E-state index < -0.39 is 11.9 Å². The van der Waals surface area contributed by atoms with Crippen molar-refractivity contribution in [1.82, 2.24) is 0 Å². The molecule has 0 saturated heterocycles. The first-order chi connectivity index (χ1) is 3.63. The minimum atomic E-state index is -1.55. The van der Waals surface area contributed by atoms with Gasteiger partial charge in [0.05, 0.1) is 11.9 Å². The van der Waals surface area contributed by atoms with Gasteiger partial charge >= 0.3 is 37.7 Å². The smallest absolute Gasteiger partial charge is 0.545 e. The van der Waals surface area contributed by atoms with Gasteiger partial charge in [-0.1, -0.05) is 0 Å². The molecule has 0 aromatic carbocycles. The molecule has 5 heteroatoms. The van der Waals surface area contributed by atoms with Gasteiger partial charge in [-0.3, -0.25) is 0 Å². The summed E-state index contributed by atoms with van der Waals surface area (Å²) >= 11 is 0. The van der Waals surface area contributed by atoms with Gasteiger partial charge in [0, 0.05) is 0 Å². The Labute approximate surface area is 81.2 Å². The quantitative estimate of drug-likeness (QED) is 0.307. The average Bonchev–Trinajstić information content (AvgIpc) is 1.61. The SMILES string of the molecule is O=C([O-])/C=C\C(=O)[O-].[Ca+2]. The number of carbonyl (C=O) groups is 2. The molecule has 0 rings (SSSR count). The molecule has 0 aromatic rings. The molecular weight excluding hydrogens is 152 g/mol. The standard InChI is InChI=1S/C4H4O4.Ca/c5-3(6)1-2-4(7)8;/h1-2H,(H,5,6)(H,7,8);/q;+2/p-2/b2-1-;. The van der Waals surface area contributed by atoms with Gasteiger partial charge in [-0.15, -0.1) is 0 Å². The third-order valence-electron chi connectivity index (χ3n) is 0.355. The second-order valence-corrected chi connectivity index (χ2v) is 0.971. The molecule has 0 radical (unpaired) electrons. The Morgan fingerprint density at radius 2 is 1.22 bits per heavy atom. The molecule has 4 nitrogen and oxygen atoms in total. The van der Waals surface area contributed by atoms with Gasteiger partial charge in [-0.05, 0) is 12.2 Å². The summed E-state index contributed by atoms with van der Waals surface area (Å²) in [7, 11) is 0. The monoisotopic (exact) mass is 154 g/mol. The molecule has 0 aliphatic rings. The molecule has 0 aromatic heterocycles. The largest absolute Gasteiger partial charge is 2.00 e. The zero-order valence-electron chi connectivity index (χ0n) is 4.49. The van der Waals surface area contributed by atoms with Crippen LogP contribution in [0.25, 0.3) is 0 Å². The fourth-order valence-electron chi connectivity index (χ4n) is 0.136. The predicted molar refractivity (Wildman–Crippen MR) is 24.9 cm³/mol. The normalized spacial score (nSPS) is 8.44. The van der Waals surface area contributed by atoms with E-state index in [-0.39, 0.29) is 37.7 Å². The Morgan fingerprint density at radius 1 is 1.00 bits per heavy atom. The van der Waals surface area contributed by atoms with Crippen molar-refractivity contribution in [2.75, 3.05) is 0 Å². The Balaban J connectivity index is 0. The van der Waals surface area contributed by atoms with Crippen LogP contribution < -0.4 is 10.2 Å². The van der Waals surface area contributed by atoms with Gasteiger partial charge in [0.1, 0.15) is 0 Å². The Bertz CT molecular complexity index is 124. The molecule has 0 spiro atoms. The van der Waals surface area contributed by atoms with E-state index in [9.17, 15) is 19.8 Å². The average molecular weight is 154 g/mol. The van der Waals surface area contributed by atoms with Gasteiger partial charge in [-0.2, -0.15) is 0 Å². The third-order valence-corrected chi connectivity index (χ3v) is 0.355. The van der Waals surface area contributed by atoms with Crippen LogP contribution in [-0.2, 0) is 9.59 Å². The number of carboxylic acid groups (broad SMARTS) is 2. The van der Waals surface area contributed by atoms with Crippen LogP contribution in [0.2, 0.25) is 0 Å². The van der Waals surface area contributed by atoms with Crippen LogP contribution in [0.15, 0.2) is 12.2 Å². The molecule has 0 N–H and O–H groups in total. The maximum Gasteiger partial charge on any atom is 2.00 e. The first-order valence-electron chi connectivity index (χ1n) is 1.73. The molecule has 0 saturated carbocycles. The maximum absolute atomic E-state index is 9.41. The summed E-state index contributed by atoms with van der Waals surface area (Å²) in [6.45, 7) is 0. The van der Waals surface area contributed by atoms with Crippen molar-refractivity contribution in [1.29, 1.82) is 0 Å². The van der Waals surface area contributed by atoms with Crippen LogP contribution >= 0.6 is 0 Å². The van der Waals surface area contributed by atoms with Crippen LogP contribution in [0.3, 0.4) is 0 Å². The third kappa shape index (κ3) is 11.5. The first kappa shape index (κ1) is 11.7. The second kappa shape index (κ2) is 6.07. The van der Waals surface area contributed by atoms with Crippen molar-refractivity contribution in [3.8, 4) is 0 Å². The van der Waals surface area contributed by atoms with Crippen LogP contribution in [0, 0.1) is 0 Å². The molecule has 0 aliphatic heterocycles. The summed E-state index contributed by atoms with van der Waals surface area (Å²) < 4.78 is 0. The van der Waals surface area contributed by atoms with E-state index >= 15 is 0 Å². The number of hydrogen-bond donors (Lipinski definition) is 0. The van der Waals surface area contributed by atoms with Gasteiger partial charge in [-0.25, -0.2) is 0 Å². The second-order valence-electron chi connectivity index (χ2n) is 0.971. The summed E-state index contributed by atoms with van der Waals surface area (Å²) in [4.78, 5) is 18.8. The van der Waals surface area contributed by atoms with Gasteiger partial charge in [0.25, 0.3) is 0 Å². The van der Waals surface area contributed by atoms with Crippen LogP contribution in [-0.4, -0.2) is 49.7 Å². The topological polar surface area (TPSA) is 80.3 Å². The molecule has 0 atom stereocenters. The minimum absolute atomic E-state index is 0. The van der Waals surface area contributed by atoms with Crippen molar-refractivity contribution in [2.45, 2.75) is 0 Å². The number of carbonyl (C=O) groups excluding carboxylic acids is 2. The fraction of sp³-hybridized carbons (Fsp3) is 0. The Hall–Kier alpha value is -0.0603. The van der Waals surface area contributed by atoms with Crippen molar-refractivity contribution in [3.05, 3.63) is 12.2 Å². The van der Waals surface area contributed by atoms with Crippen LogP contribution in [0.4, 0.5) is 0 Å². The van der Waals surface area contributed by atoms with E-state index in [0.29, 0.717) is 12.2 Å². The van der Waals surface area contributed by atoms with E-state index in [0.717, 1.165) is 0 Å². The molecular formula is C4H2CaO4. The molecule has 0 heterocycles. The molecule has 0 fully saturated rings. The van der Waals surface area contributed by atoms with Crippen molar-refractivity contribution in [2.24, 2.45) is 0 Å². The van der Waals surface area contributed by atoms with Gasteiger partial charge < -0.3 is 19.8 Å². The van der Waals surface area contributed by atoms with Crippen molar-refractivity contribution >= 4 is 49.7 Å². The predicted octanol–water partition coefficient (Wildman–Crippen LogP) is -3.34. The molecule has 0 aliphatic carbocycles. The number of rotatable bonds is 2. The Kier molecular flexibility index (Phi) is 7.89. The zero-order valence-corrected chi connectivity index (χ0v) is 6.70. The van der Waals surface area contributed by atoms with Crippen molar-refractivity contribution in [3.63, 3.8) is 0 Å². The summed E-state index contributed by atoms with van der Waals surface area (Å²) in [5.41, 5.74) is 0. The maximum atomic E-state index is 9.41. The summed E-state index contributed by atoms with van der Waals surface area (Å²) in [5.74, 6) is -3.09. The van der Waals surface area contributed by atoms with Crippen molar-refractivity contribution < 1.29 is 19.8 Å². The molecule has 0 unspecified atom stereocenters. The molecule has 0 bridgehead atoms. The number of carboxylic acids is 2. The fourth-order valence-corrected chi connectivity index (χ4v) is 0.136. The Morgan fingerprint density at radius 3 is 1.33 bits per heavy atom. The van der Waals surface area contributed by atoms with Gasteiger partial charge in [0.15, 0.2) is 0 Å². The van der Waals surface area contributed by atoms with E-state index in [2.05, 4.69) is 0 Å². The van der Waals surface area contributed by atoms with E-state index in [1.165, 1.54) is 0 Å². The van der Waals surface area contributed by atoms with Gasteiger partial charge in [0.2, 0.25) is 0 Å². The molecule has 44 valence electrons. The summed E-state index contributed by atoms with van der Waals surface area (Å²) in [6.07, 6.45) is 0.769. The van der Waals surface area contributed by atoms with Crippen LogP contribution in [0.5, 0.6) is 0 Å². The minimum Gasteiger partial charge on any atom is -0.545 e. The molecule has 9 heavy (non-hydrogen) atoms. The van der Waals surface area contributed by atoms with E-state index in [4.69, 9.17) is 0 Å². The first-order valence-corrected chi connectivity index (χ1v) is 1.73. The zero-order chi connectivity index (χ0) is 6.57. The summed E-state index contributed by atoms with van der Waals surface area (Å²) in [5, 5.41) is 18.8. The molecule has 0 amide bonds. The van der Waals surface area contributed by atoms with Crippen LogP contribution in [0.1, 0.15) is 0 Å². The number of aliphatic carboxylic acids is 2. The number of hydrogen-bond acceptors (Lipinski definition) is 4. The van der Waals surface area contributed by atoms with E-state index in [1.807, 2.05) is 0 Å². The summed E-state index contributed by atoms with van der Waals surface area (Å²) in [6, 6.07) is 0. The van der Waals surface area contributed by atoms with E-state index in [1.54, 1.807) is 0 Å².